The van der Waals surface area contributed by atoms with Gasteiger partial charge in [0.1, 0.15) is 0 Å². The van der Waals surface area contributed by atoms with E-state index in [2.05, 4.69) is 62.2 Å². The monoisotopic (exact) mass is 344 g/mol. The van der Waals surface area contributed by atoms with Crippen molar-refractivity contribution in [2.45, 2.75) is 13.1 Å². The summed E-state index contributed by atoms with van der Waals surface area (Å²) in [6.07, 6.45) is 0. The normalized spacial score (nSPS) is 11.3. The molecule has 0 amide bonds. The molecule has 0 bridgehead atoms. The van der Waals surface area contributed by atoms with Gasteiger partial charge < -0.3 is 10.2 Å². The van der Waals surface area contributed by atoms with E-state index in [1.165, 1.54) is 14.2 Å². The van der Waals surface area contributed by atoms with Gasteiger partial charge in [0, 0.05) is 45.8 Å². The van der Waals surface area contributed by atoms with Crippen molar-refractivity contribution in [1.82, 2.24) is 10.2 Å². The molecule has 0 saturated heterocycles. The van der Waals surface area contributed by atoms with E-state index in [1.54, 1.807) is 0 Å². The summed E-state index contributed by atoms with van der Waals surface area (Å²) in [5.74, 6) is 0. The highest BCUT2D eigenvalue weighted by Gasteiger charge is 2.02. The first-order chi connectivity index (χ1) is 8.74. The van der Waals surface area contributed by atoms with Gasteiger partial charge in [-0.2, -0.15) is 0 Å². The van der Waals surface area contributed by atoms with E-state index in [0.717, 1.165) is 26.2 Å². The largest absolute Gasteiger partial charge is 0.311 e. The zero-order chi connectivity index (χ0) is 12.8. The molecule has 98 valence electrons. The van der Waals surface area contributed by atoms with Gasteiger partial charge >= 0.3 is 0 Å². The van der Waals surface area contributed by atoms with Gasteiger partial charge in [-0.15, -0.1) is 22.7 Å². The molecule has 1 N–H and O–H groups in total. The zero-order valence-electron chi connectivity index (χ0n) is 10.4. The Labute approximate surface area is 125 Å². The van der Waals surface area contributed by atoms with E-state index in [1.807, 2.05) is 22.7 Å². The SMILES string of the molecule is CN(CCNCc1cccs1)Cc1cc(Br)cs1. The molecule has 0 unspecified atom stereocenters. The molecule has 2 rings (SSSR count). The van der Waals surface area contributed by atoms with Crippen LogP contribution >= 0.6 is 38.6 Å². The zero-order valence-corrected chi connectivity index (χ0v) is 13.6. The lowest BCUT2D eigenvalue weighted by Crippen LogP contribution is -2.28. The highest BCUT2D eigenvalue weighted by atomic mass is 79.9. The van der Waals surface area contributed by atoms with Crippen LogP contribution in [0, 0.1) is 0 Å². The molecule has 0 radical (unpaired) electrons. The first kappa shape index (κ1) is 14.2. The lowest BCUT2D eigenvalue weighted by Gasteiger charge is -2.15. The van der Waals surface area contributed by atoms with Gasteiger partial charge in [0.2, 0.25) is 0 Å². The number of rotatable bonds is 7. The number of nitrogens with one attached hydrogen (secondary N) is 1. The van der Waals surface area contributed by atoms with E-state index in [0.29, 0.717) is 0 Å². The van der Waals surface area contributed by atoms with Crippen LogP contribution in [0.25, 0.3) is 0 Å². The highest BCUT2D eigenvalue weighted by molar-refractivity contribution is 9.10. The van der Waals surface area contributed by atoms with Crippen molar-refractivity contribution in [3.8, 4) is 0 Å². The molecule has 2 nitrogen and oxygen atoms in total. The van der Waals surface area contributed by atoms with E-state index < -0.39 is 0 Å². The van der Waals surface area contributed by atoms with Crippen LogP contribution in [0.1, 0.15) is 9.75 Å². The maximum absolute atomic E-state index is 3.49. The average Bonchev–Trinajstić information content (AvgIpc) is 2.96. The molecule has 0 atom stereocenters. The highest BCUT2D eigenvalue weighted by Crippen LogP contribution is 2.20. The van der Waals surface area contributed by atoms with Gasteiger partial charge in [-0.3, -0.25) is 0 Å². The molecule has 18 heavy (non-hydrogen) atoms. The Morgan fingerprint density at radius 2 is 2.22 bits per heavy atom. The van der Waals surface area contributed by atoms with Crippen LogP contribution in [0.15, 0.2) is 33.4 Å². The number of likely N-dealkylation sites (N-methyl/N-ethyl adjacent to an activating group) is 1. The van der Waals surface area contributed by atoms with E-state index in [-0.39, 0.29) is 0 Å². The molecule has 0 spiro atoms. The van der Waals surface area contributed by atoms with Crippen LogP contribution in [0.2, 0.25) is 0 Å². The topological polar surface area (TPSA) is 15.3 Å². The van der Waals surface area contributed by atoms with Crippen molar-refractivity contribution in [3.05, 3.63) is 43.2 Å². The van der Waals surface area contributed by atoms with Crippen LogP contribution in [0.5, 0.6) is 0 Å². The Morgan fingerprint density at radius 1 is 1.33 bits per heavy atom. The first-order valence-electron chi connectivity index (χ1n) is 5.88. The maximum atomic E-state index is 3.49. The predicted octanol–water partition coefficient (Wildman–Crippen LogP) is 3.79. The van der Waals surface area contributed by atoms with Crippen molar-refractivity contribution in [3.63, 3.8) is 0 Å². The van der Waals surface area contributed by atoms with Crippen LogP contribution in [-0.4, -0.2) is 25.0 Å². The second kappa shape index (κ2) is 7.40. The van der Waals surface area contributed by atoms with Gasteiger partial charge in [-0.25, -0.2) is 0 Å². The lowest BCUT2D eigenvalue weighted by atomic mass is 10.4. The molecule has 5 heteroatoms. The summed E-state index contributed by atoms with van der Waals surface area (Å²) in [4.78, 5) is 5.15. The summed E-state index contributed by atoms with van der Waals surface area (Å²) >= 11 is 7.10. The van der Waals surface area contributed by atoms with Gasteiger partial charge in [-0.05, 0) is 40.5 Å². The second-order valence-electron chi connectivity index (χ2n) is 4.23. The molecular formula is C13H17BrN2S2. The van der Waals surface area contributed by atoms with Crippen molar-refractivity contribution in [1.29, 1.82) is 0 Å². The molecule has 2 aromatic rings. The molecule has 2 heterocycles. The molecule has 0 aliphatic heterocycles. The fourth-order valence-corrected chi connectivity index (χ4v) is 3.88. The van der Waals surface area contributed by atoms with E-state index >= 15 is 0 Å². The van der Waals surface area contributed by atoms with Crippen molar-refractivity contribution in [2.75, 3.05) is 20.1 Å². The summed E-state index contributed by atoms with van der Waals surface area (Å²) in [6.45, 7) is 4.11. The fourth-order valence-electron chi connectivity index (χ4n) is 1.68. The van der Waals surface area contributed by atoms with Gasteiger partial charge in [-0.1, -0.05) is 6.07 Å². The Hall–Kier alpha value is -0.200. The molecule has 0 aromatic carbocycles. The Balaban J connectivity index is 1.61. The summed E-state index contributed by atoms with van der Waals surface area (Å²) in [5, 5.41) is 7.73. The minimum atomic E-state index is 0.982. The first-order valence-corrected chi connectivity index (χ1v) is 8.44. The van der Waals surface area contributed by atoms with Crippen LogP contribution in [0.3, 0.4) is 0 Å². The standard InChI is InChI=1S/C13H17BrN2S2/c1-16(9-13-7-11(14)10-18-13)5-4-15-8-12-3-2-6-17-12/h2-3,6-7,10,15H,4-5,8-9H2,1H3. The van der Waals surface area contributed by atoms with E-state index in [9.17, 15) is 0 Å². The summed E-state index contributed by atoms with van der Waals surface area (Å²) in [5.41, 5.74) is 0. The predicted molar refractivity (Wildman–Crippen MR) is 84.4 cm³/mol. The number of thiophene rings is 2. The second-order valence-corrected chi connectivity index (χ2v) is 7.17. The summed E-state index contributed by atoms with van der Waals surface area (Å²) in [6, 6.07) is 6.47. The fraction of sp³-hybridized carbons (Fsp3) is 0.385. The van der Waals surface area contributed by atoms with E-state index in [4.69, 9.17) is 0 Å². The molecule has 0 fully saturated rings. The summed E-state index contributed by atoms with van der Waals surface area (Å²) < 4.78 is 1.19. The summed E-state index contributed by atoms with van der Waals surface area (Å²) in [7, 11) is 2.17. The Morgan fingerprint density at radius 3 is 2.89 bits per heavy atom. The van der Waals surface area contributed by atoms with Crippen molar-refractivity contribution < 1.29 is 0 Å². The molecular weight excluding hydrogens is 328 g/mol. The Bertz CT molecular complexity index is 453. The maximum Gasteiger partial charge on any atom is 0.0325 e. The number of halogens is 1. The van der Waals surface area contributed by atoms with Gasteiger partial charge in [0.05, 0.1) is 0 Å². The smallest absolute Gasteiger partial charge is 0.0325 e. The van der Waals surface area contributed by atoms with Crippen molar-refractivity contribution >= 4 is 38.6 Å². The Kier molecular flexibility index (Phi) is 5.85. The molecule has 0 saturated carbocycles. The molecule has 2 aromatic heterocycles. The number of nitrogens with zero attached hydrogens (tertiary/aromatic N) is 1. The van der Waals surface area contributed by atoms with Crippen LogP contribution in [0.4, 0.5) is 0 Å². The lowest BCUT2D eigenvalue weighted by molar-refractivity contribution is 0.327. The quantitative estimate of drug-likeness (QED) is 0.768. The minimum Gasteiger partial charge on any atom is -0.311 e. The molecule has 0 aliphatic carbocycles. The minimum absolute atomic E-state index is 0.982. The van der Waals surface area contributed by atoms with Crippen LogP contribution in [-0.2, 0) is 13.1 Å². The third kappa shape index (κ3) is 4.82. The van der Waals surface area contributed by atoms with Crippen LogP contribution < -0.4 is 5.32 Å². The third-order valence-electron chi connectivity index (χ3n) is 2.60. The van der Waals surface area contributed by atoms with Gasteiger partial charge in [0.15, 0.2) is 0 Å². The number of hydrogen-bond donors (Lipinski definition) is 1. The number of hydrogen-bond acceptors (Lipinski definition) is 4. The third-order valence-corrected chi connectivity index (χ3v) is 5.16. The molecule has 0 aliphatic rings. The average molecular weight is 345 g/mol. The van der Waals surface area contributed by atoms with Crippen molar-refractivity contribution in [2.24, 2.45) is 0 Å². The van der Waals surface area contributed by atoms with Gasteiger partial charge in [0.25, 0.3) is 0 Å².